The normalized spacial score (nSPS) is 14.0. The molecule has 0 saturated heterocycles. The van der Waals surface area contributed by atoms with Crippen LogP contribution in [0.15, 0.2) is 60.3 Å². The molecule has 0 spiro atoms. The molecule has 0 unspecified atom stereocenters. The zero-order valence-electron chi connectivity index (χ0n) is 18.1. The van der Waals surface area contributed by atoms with Crippen LogP contribution in [-0.4, -0.2) is 43.5 Å². The molecule has 1 aliphatic heterocycles. The fraction of sp³-hybridized carbons (Fsp3) is 0.360. The predicted molar refractivity (Wildman–Crippen MR) is 120 cm³/mol. The first-order valence-corrected chi connectivity index (χ1v) is 10.6. The lowest BCUT2D eigenvalue weighted by Crippen LogP contribution is -2.35. The summed E-state index contributed by atoms with van der Waals surface area (Å²) < 4.78 is 5.60. The van der Waals surface area contributed by atoms with Gasteiger partial charge in [-0.25, -0.2) is 0 Å². The Hall–Kier alpha value is -2.92. The third-order valence-corrected chi connectivity index (χ3v) is 5.28. The number of hydrogen-bond acceptors (Lipinski definition) is 4. The summed E-state index contributed by atoms with van der Waals surface area (Å²) in [5.41, 5.74) is 3.61. The van der Waals surface area contributed by atoms with Crippen LogP contribution >= 0.6 is 0 Å². The van der Waals surface area contributed by atoms with Crippen LogP contribution in [0.2, 0.25) is 0 Å². The predicted octanol–water partition coefficient (Wildman–Crippen LogP) is 4.42. The summed E-state index contributed by atoms with van der Waals surface area (Å²) in [5.74, 6) is -0.495. The minimum absolute atomic E-state index is 0.241. The number of ether oxygens (including phenoxy) is 1. The number of anilines is 1. The summed E-state index contributed by atoms with van der Waals surface area (Å²) in [6, 6.07) is 17.4. The van der Waals surface area contributed by atoms with Crippen molar-refractivity contribution in [1.82, 2.24) is 4.90 Å². The first kappa shape index (κ1) is 21.8. The van der Waals surface area contributed by atoms with Crippen LogP contribution in [0.25, 0.3) is 5.57 Å². The van der Waals surface area contributed by atoms with Crippen LogP contribution in [0, 0.1) is 6.92 Å². The van der Waals surface area contributed by atoms with Crippen LogP contribution in [-0.2, 0) is 14.3 Å². The molecule has 0 aromatic heterocycles. The van der Waals surface area contributed by atoms with Gasteiger partial charge in [0.15, 0.2) is 0 Å². The molecule has 2 amide bonds. The molecule has 3 rings (SSSR count). The number of rotatable bonds is 10. The first-order chi connectivity index (χ1) is 14.5. The number of aryl methyl sites for hydroxylation is 1. The van der Waals surface area contributed by atoms with Gasteiger partial charge in [-0.3, -0.25) is 14.5 Å². The fourth-order valence-corrected chi connectivity index (χ4v) is 3.51. The second kappa shape index (κ2) is 10.2. The molecule has 0 atom stereocenters. The lowest BCUT2D eigenvalue weighted by molar-refractivity contribution is -0.137. The van der Waals surface area contributed by atoms with E-state index in [0.717, 1.165) is 29.7 Å². The Balaban J connectivity index is 1.86. The van der Waals surface area contributed by atoms with Crippen molar-refractivity contribution in [1.29, 1.82) is 0 Å². The van der Waals surface area contributed by atoms with Crippen molar-refractivity contribution in [3.8, 4) is 0 Å². The molecule has 2 aromatic rings. The summed E-state index contributed by atoms with van der Waals surface area (Å²) in [4.78, 5) is 29.8. The Morgan fingerprint density at radius 2 is 1.57 bits per heavy atom. The summed E-state index contributed by atoms with van der Waals surface area (Å²) >= 11 is 0. The summed E-state index contributed by atoms with van der Waals surface area (Å²) in [6.07, 6.45) is 2.74. The van der Waals surface area contributed by atoms with Gasteiger partial charge in [-0.15, -0.1) is 0 Å². The maximum atomic E-state index is 13.3. The van der Waals surface area contributed by atoms with Gasteiger partial charge < -0.3 is 9.64 Å². The maximum absolute atomic E-state index is 13.3. The van der Waals surface area contributed by atoms with E-state index in [1.54, 1.807) is 0 Å². The highest BCUT2D eigenvalue weighted by molar-refractivity contribution is 6.36. The second-order valence-electron chi connectivity index (χ2n) is 7.57. The number of amides is 2. The average molecular weight is 407 g/mol. The van der Waals surface area contributed by atoms with Crippen molar-refractivity contribution in [2.24, 2.45) is 0 Å². The number of para-hydroxylation sites is 1. The van der Waals surface area contributed by atoms with E-state index in [1.807, 2.05) is 73.5 Å². The molecular formula is C25H30N2O3. The van der Waals surface area contributed by atoms with Gasteiger partial charge in [0, 0.05) is 32.5 Å². The molecule has 0 bridgehead atoms. The molecule has 0 radical (unpaired) electrons. The summed E-state index contributed by atoms with van der Waals surface area (Å²) in [5, 5.41) is 0. The molecule has 0 fully saturated rings. The lowest BCUT2D eigenvalue weighted by Gasteiger charge is -2.21. The van der Waals surface area contributed by atoms with Crippen molar-refractivity contribution in [2.75, 3.05) is 31.7 Å². The molecule has 5 heteroatoms. The van der Waals surface area contributed by atoms with E-state index in [-0.39, 0.29) is 11.8 Å². The number of imide groups is 1. The Bertz CT molecular complexity index is 904. The summed E-state index contributed by atoms with van der Waals surface area (Å²) in [7, 11) is 1.83. The number of unbranched alkanes of at least 4 members (excludes halogenated alkanes) is 1. The van der Waals surface area contributed by atoms with Gasteiger partial charge in [-0.1, -0.05) is 61.4 Å². The van der Waals surface area contributed by atoms with Gasteiger partial charge in [-0.2, -0.15) is 0 Å². The van der Waals surface area contributed by atoms with Gasteiger partial charge in [0.1, 0.15) is 5.70 Å². The second-order valence-corrected chi connectivity index (χ2v) is 7.57. The molecule has 0 saturated carbocycles. The van der Waals surface area contributed by atoms with Gasteiger partial charge in [0.05, 0.1) is 5.57 Å². The molecule has 5 nitrogen and oxygen atoms in total. The summed E-state index contributed by atoms with van der Waals surface area (Å²) in [6.45, 7) is 5.73. The fourth-order valence-electron chi connectivity index (χ4n) is 3.51. The molecule has 1 heterocycles. The number of nitrogens with zero attached hydrogens (tertiary/aromatic N) is 2. The molecule has 158 valence electrons. The lowest BCUT2D eigenvalue weighted by atomic mass is 10.0. The minimum Gasteiger partial charge on any atom is -0.381 e. The number of carbonyl (C=O) groups excluding carboxylic acids is 2. The average Bonchev–Trinajstić information content (AvgIpc) is 3.01. The van der Waals surface area contributed by atoms with E-state index in [1.165, 1.54) is 4.90 Å². The van der Waals surface area contributed by atoms with E-state index in [4.69, 9.17) is 4.74 Å². The largest absolute Gasteiger partial charge is 0.381 e. The maximum Gasteiger partial charge on any atom is 0.278 e. The zero-order chi connectivity index (χ0) is 21.5. The van der Waals surface area contributed by atoms with E-state index in [2.05, 4.69) is 6.92 Å². The third kappa shape index (κ3) is 4.79. The molecular weight excluding hydrogens is 376 g/mol. The monoisotopic (exact) mass is 406 g/mol. The Labute approximate surface area is 178 Å². The minimum atomic E-state index is -0.254. The Morgan fingerprint density at radius 1 is 0.900 bits per heavy atom. The van der Waals surface area contributed by atoms with Gasteiger partial charge >= 0.3 is 0 Å². The first-order valence-electron chi connectivity index (χ1n) is 10.6. The highest BCUT2D eigenvalue weighted by Crippen LogP contribution is 2.33. The SMILES string of the molecule is CCCCOCCCN1C(=O)C(c2ccc(C)cc2)=C(N(C)c2ccccc2)C1=O. The van der Waals surface area contributed by atoms with Crippen LogP contribution in [0.5, 0.6) is 0 Å². The van der Waals surface area contributed by atoms with Crippen molar-refractivity contribution < 1.29 is 14.3 Å². The number of carbonyl (C=O) groups is 2. The number of benzene rings is 2. The van der Waals surface area contributed by atoms with Crippen LogP contribution in [0.3, 0.4) is 0 Å². The molecule has 0 N–H and O–H groups in total. The van der Waals surface area contributed by atoms with E-state index in [9.17, 15) is 9.59 Å². The molecule has 1 aliphatic rings. The van der Waals surface area contributed by atoms with E-state index >= 15 is 0 Å². The molecule has 2 aromatic carbocycles. The van der Waals surface area contributed by atoms with Crippen molar-refractivity contribution in [3.63, 3.8) is 0 Å². The zero-order valence-corrected chi connectivity index (χ0v) is 18.1. The topological polar surface area (TPSA) is 49.9 Å². The number of hydrogen-bond donors (Lipinski definition) is 0. The Kier molecular flexibility index (Phi) is 7.41. The van der Waals surface area contributed by atoms with Gasteiger partial charge in [0.2, 0.25) is 0 Å². The van der Waals surface area contributed by atoms with Crippen molar-refractivity contribution in [3.05, 3.63) is 71.4 Å². The van der Waals surface area contributed by atoms with E-state index < -0.39 is 0 Å². The van der Waals surface area contributed by atoms with Crippen molar-refractivity contribution >= 4 is 23.1 Å². The van der Waals surface area contributed by atoms with Crippen LogP contribution < -0.4 is 4.90 Å². The van der Waals surface area contributed by atoms with Crippen molar-refractivity contribution in [2.45, 2.75) is 33.1 Å². The third-order valence-electron chi connectivity index (χ3n) is 5.28. The van der Waals surface area contributed by atoms with Gasteiger partial charge in [0.25, 0.3) is 11.8 Å². The molecule has 30 heavy (non-hydrogen) atoms. The van der Waals surface area contributed by atoms with Crippen LogP contribution in [0.4, 0.5) is 5.69 Å². The smallest absolute Gasteiger partial charge is 0.278 e. The molecule has 0 aliphatic carbocycles. The number of likely N-dealkylation sites (N-methyl/N-ethyl adjacent to an activating group) is 1. The quantitative estimate of drug-likeness (QED) is 0.433. The highest BCUT2D eigenvalue weighted by atomic mass is 16.5. The van der Waals surface area contributed by atoms with Gasteiger partial charge in [-0.05, 0) is 37.5 Å². The van der Waals surface area contributed by atoms with Crippen LogP contribution in [0.1, 0.15) is 37.3 Å². The highest BCUT2D eigenvalue weighted by Gasteiger charge is 2.40. The Morgan fingerprint density at radius 3 is 2.23 bits per heavy atom. The van der Waals surface area contributed by atoms with E-state index in [0.29, 0.717) is 37.4 Å². The standard InChI is InChI=1S/C25H30N2O3/c1-4-5-17-30-18-9-16-27-24(28)22(20-14-12-19(2)13-15-20)23(25(27)29)26(3)21-10-7-6-8-11-21/h6-8,10-15H,4-5,9,16-18H2,1-3H3.